The van der Waals surface area contributed by atoms with Crippen molar-refractivity contribution in [3.8, 4) is 0 Å². The van der Waals surface area contributed by atoms with E-state index in [1.807, 2.05) is 13.8 Å². The number of rotatable bonds is 9. The third-order valence-corrected chi connectivity index (χ3v) is 3.88. The van der Waals surface area contributed by atoms with E-state index in [0.29, 0.717) is 25.1 Å². The molecule has 0 unspecified atom stereocenters. The van der Waals surface area contributed by atoms with Crippen molar-refractivity contribution in [2.75, 3.05) is 18.9 Å². The molecule has 1 aromatic carbocycles. The molecule has 0 saturated heterocycles. The van der Waals surface area contributed by atoms with Crippen LogP contribution in [-0.4, -0.2) is 35.1 Å². The second kappa shape index (κ2) is 9.63. The Balaban J connectivity index is 2.22. The summed E-state index contributed by atoms with van der Waals surface area (Å²) in [4.78, 5) is 11.6. The Bertz CT molecular complexity index is 480. The van der Waals surface area contributed by atoms with E-state index in [-0.39, 0.29) is 23.5 Å². The minimum atomic E-state index is -1.41. The minimum absolute atomic E-state index is 0.0521. The standard InChI is InChI=1S/C15H22FNO3S/c1-12(2)20-9-5-8-17-15(18)11-21(19)10-13-6-3-4-7-14(13)16/h3-4,6-7,12H,5,8-11H2,1-2H3,(H,17,18)/t21-/m0/s1. The molecule has 21 heavy (non-hydrogen) atoms. The Morgan fingerprint density at radius 3 is 2.76 bits per heavy atom. The topological polar surface area (TPSA) is 55.4 Å². The SMILES string of the molecule is CC(C)OCCCNC(=O)C[S@@](=O)Cc1ccccc1F. The van der Waals surface area contributed by atoms with Gasteiger partial charge in [0.1, 0.15) is 11.6 Å². The lowest BCUT2D eigenvalue weighted by atomic mass is 10.2. The van der Waals surface area contributed by atoms with E-state index >= 15 is 0 Å². The molecule has 1 atom stereocenters. The summed E-state index contributed by atoms with van der Waals surface area (Å²) in [6.07, 6.45) is 0.887. The first-order valence-corrected chi connectivity index (χ1v) is 8.44. The maximum Gasteiger partial charge on any atom is 0.232 e. The summed E-state index contributed by atoms with van der Waals surface area (Å²) in [5.74, 6) is -0.734. The highest BCUT2D eigenvalue weighted by Gasteiger charge is 2.10. The van der Waals surface area contributed by atoms with Gasteiger partial charge < -0.3 is 10.1 Å². The lowest BCUT2D eigenvalue weighted by molar-refractivity contribution is -0.118. The van der Waals surface area contributed by atoms with Gasteiger partial charge in [-0.1, -0.05) is 18.2 Å². The van der Waals surface area contributed by atoms with Crippen molar-refractivity contribution in [2.45, 2.75) is 32.1 Å². The monoisotopic (exact) mass is 315 g/mol. The summed E-state index contributed by atoms with van der Waals surface area (Å²) in [6.45, 7) is 4.97. The molecule has 0 heterocycles. The largest absolute Gasteiger partial charge is 0.379 e. The van der Waals surface area contributed by atoms with Crippen LogP contribution in [0, 0.1) is 5.82 Å². The quantitative estimate of drug-likeness (QED) is 0.709. The van der Waals surface area contributed by atoms with Crippen molar-refractivity contribution in [1.82, 2.24) is 5.32 Å². The number of amides is 1. The molecule has 1 aromatic rings. The van der Waals surface area contributed by atoms with Crippen molar-refractivity contribution >= 4 is 16.7 Å². The van der Waals surface area contributed by atoms with Crippen LogP contribution in [0.2, 0.25) is 0 Å². The molecule has 0 aromatic heterocycles. The third kappa shape index (κ3) is 7.92. The third-order valence-electron chi connectivity index (χ3n) is 2.66. The highest BCUT2D eigenvalue weighted by Crippen LogP contribution is 2.09. The summed E-state index contributed by atoms with van der Waals surface area (Å²) in [7, 11) is -1.41. The van der Waals surface area contributed by atoms with Gasteiger partial charge in [-0.25, -0.2) is 4.39 Å². The number of ether oxygens (including phenoxy) is 1. The highest BCUT2D eigenvalue weighted by molar-refractivity contribution is 7.84. The number of hydrogen-bond acceptors (Lipinski definition) is 3. The fourth-order valence-electron chi connectivity index (χ4n) is 1.66. The van der Waals surface area contributed by atoms with E-state index in [1.54, 1.807) is 18.2 Å². The van der Waals surface area contributed by atoms with Crippen LogP contribution in [0.1, 0.15) is 25.8 Å². The molecule has 0 saturated carbocycles. The Labute approximate surface area is 127 Å². The van der Waals surface area contributed by atoms with E-state index in [0.717, 1.165) is 0 Å². The average molecular weight is 315 g/mol. The number of nitrogens with one attached hydrogen (secondary N) is 1. The van der Waals surface area contributed by atoms with Gasteiger partial charge in [0.15, 0.2) is 0 Å². The normalized spacial score (nSPS) is 12.4. The molecule has 4 nitrogen and oxygen atoms in total. The molecule has 0 radical (unpaired) electrons. The van der Waals surface area contributed by atoms with E-state index in [2.05, 4.69) is 5.32 Å². The van der Waals surface area contributed by atoms with Gasteiger partial charge in [0.05, 0.1) is 11.9 Å². The number of hydrogen-bond donors (Lipinski definition) is 1. The molecule has 0 aliphatic rings. The van der Waals surface area contributed by atoms with Gasteiger partial charge in [-0.3, -0.25) is 9.00 Å². The van der Waals surface area contributed by atoms with Crippen molar-refractivity contribution in [3.05, 3.63) is 35.6 Å². The van der Waals surface area contributed by atoms with Crippen molar-refractivity contribution in [3.63, 3.8) is 0 Å². The molecular formula is C15H22FNO3S. The minimum Gasteiger partial charge on any atom is -0.379 e. The number of carbonyl (C=O) groups excluding carboxylic acids is 1. The fraction of sp³-hybridized carbons (Fsp3) is 0.533. The summed E-state index contributed by atoms with van der Waals surface area (Å²) in [5, 5.41) is 2.68. The molecule has 1 amide bonds. The predicted octanol–water partition coefficient (Wildman–Crippen LogP) is 2.01. The lowest BCUT2D eigenvalue weighted by Gasteiger charge is -2.08. The molecule has 6 heteroatoms. The predicted molar refractivity (Wildman–Crippen MR) is 81.8 cm³/mol. The molecule has 0 aliphatic heterocycles. The van der Waals surface area contributed by atoms with Gasteiger partial charge in [-0.05, 0) is 26.3 Å². The Hall–Kier alpha value is -1.27. The Morgan fingerprint density at radius 1 is 1.38 bits per heavy atom. The highest BCUT2D eigenvalue weighted by atomic mass is 32.2. The number of halogens is 1. The van der Waals surface area contributed by atoms with Crippen LogP contribution in [-0.2, 0) is 26.1 Å². The number of benzene rings is 1. The lowest BCUT2D eigenvalue weighted by Crippen LogP contribution is -2.30. The first-order chi connectivity index (χ1) is 9.99. The zero-order valence-electron chi connectivity index (χ0n) is 12.4. The van der Waals surface area contributed by atoms with Gasteiger partial charge >= 0.3 is 0 Å². The van der Waals surface area contributed by atoms with E-state index in [4.69, 9.17) is 4.74 Å². The summed E-state index contributed by atoms with van der Waals surface area (Å²) >= 11 is 0. The van der Waals surface area contributed by atoms with E-state index in [9.17, 15) is 13.4 Å². The first-order valence-electron chi connectivity index (χ1n) is 6.95. The molecule has 1 rings (SSSR count). The van der Waals surface area contributed by atoms with Crippen LogP contribution in [0.3, 0.4) is 0 Å². The summed E-state index contributed by atoms with van der Waals surface area (Å²) in [6, 6.07) is 6.16. The van der Waals surface area contributed by atoms with Crippen LogP contribution in [0.25, 0.3) is 0 Å². The first kappa shape index (κ1) is 17.8. The molecule has 1 N–H and O–H groups in total. The Kier molecular flexibility index (Phi) is 8.15. The van der Waals surface area contributed by atoms with Gasteiger partial charge in [0, 0.05) is 29.5 Å². The molecule has 118 valence electrons. The molecule has 0 spiro atoms. The smallest absolute Gasteiger partial charge is 0.232 e. The van der Waals surface area contributed by atoms with Gasteiger partial charge in [-0.15, -0.1) is 0 Å². The second-order valence-electron chi connectivity index (χ2n) is 4.94. The van der Waals surface area contributed by atoms with Gasteiger partial charge in [0.2, 0.25) is 5.91 Å². The zero-order valence-corrected chi connectivity index (χ0v) is 13.2. The molecule has 0 aliphatic carbocycles. The van der Waals surface area contributed by atoms with Gasteiger partial charge in [-0.2, -0.15) is 0 Å². The van der Waals surface area contributed by atoms with Crippen molar-refractivity contribution in [2.24, 2.45) is 0 Å². The van der Waals surface area contributed by atoms with E-state index < -0.39 is 16.6 Å². The zero-order chi connectivity index (χ0) is 15.7. The second-order valence-corrected chi connectivity index (χ2v) is 6.40. The molecular weight excluding hydrogens is 293 g/mol. The van der Waals surface area contributed by atoms with Crippen LogP contribution in [0.15, 0.2) is 24.3 Å². The molecule has 0 fully saturated rings. The van der Waals surface area contributed by atoms with Crippen LogP contribution >= 0.6 is 0 Å². The van der Waals surface area contributed by atoms with Crippen molar-refractivity contribution < 1.29 is 18.1 Å². The van der Waals surface area contributed by atoms with Crippen LogP contribution < -0.4 is 5.32 Å². The Morgan fingerprint density at radius 2 is 2.10 bits per heavy atom. The average Bonchev–Trinajstić information content (AvgIpc) is 2.40. The fourth-order valence-corrected chi connectivity index (χ4v) is 2.73. The van der Waals surface area contributed by atoms with Crippen molar-refractivity contribution in [1.29, 1.82) is 0 Å². The molecule has 0 bridgehead atoms. The van der Waals surface area contributed by atoms with E-state index in [1.165, 1.54) is 6.07 Å². The maximum absolute atomic E-state index is 13.4. The van der Waals surface area contributed by atoms with Crippen LogP contribution in [0.4, 0.5) is 4.39 Å². The van der Waals surface area contributed by atoms with Crippen LogP contribution in [0.5, 0.6) is 0 Å². The number of carbonyl (C=O) groups is 1. The van der Waals surface area contributed by atoms with Gasteiger partial charge in [0.25, 0.3) is 0 Å². The maximum atomic E-state index is 13.4. The summed E-state index contributed by atoms with van der Waals surface area (Å²) in [5.41, 5.74) is 0.369. The summed E-state index contributed by atoms with van der Waals surface area (Å²) < 4.78 is 30.5.